The van der Waals surface area contributed by atoms with Crippen molar-refractivity contribution in [2.75, 3.05) is 7.05 Å². The Morgan fingerprint density at radius 3 is 2.41 bits per heavy atom. The molecular weight excluding hydrogens is 547 g/mol. The SMILES string of the molecule is CCCC.Cc1ccc(-c2cc(-c3ccnc(-c4cc(C(=O)O)cc(C5C=c6ccccc6=CN5C)n4)c3)cs2)s1. The van der Waals surface area contributed by atoms with Gasteiger partial charge in [-0.05, 0) is 82.4 Å². The first-order valence-corrected chi connectivity index (χ1v) is 15.4. The van der Waals surface area contributed by atoms with Crippen LogP contribution < -0.4 is 10.4 Å². The first-order valence-electron chi connectivity index (χ1n) is 13.7. The quantitative estimate of drug-likeness (QED) is 0.224. The summed E-state index contributed by atoms with van der Waals surface area (Å²) in [6.45, 7) is 6.48. The molecule has 1 unspecified atom stereocenters. The molecule has 0 spiro atoms. The minimum absolute atomic E-state index is 0.190. The zero-order valence-corrected chi connectivity index (χ0v) is 25.3. The molecule has 0 aliphatic carbocycles. The van der Waals surface area contributed by atoms with Crippen LogP contribution in [0.4, 0.5) is 0 Å². The van der Waals surface area contributed by atoms with Gasteiger partial charge in [0.05, 0.1) is 28.7 Å². The highest BCUT2D eigenvalue weighted by atomic mass is 32.1. The Hall–Kier alpha value is -4.07. The Bertz CT molecular complexity index is 1800. The van der Waals surface area contributed by atoms with E-state index in [1.54, 1.807) is 41.0 Å². The summed E-state index contributed by atoms with van der Waals surface area (Å²) in [5.74, 6) is -0.988. The zero-order chi connectivity index (χ0) is 28.9. The first-order chi connectivity index (χ1) is 19.9. The lowest BCUT2D eigenvalue weighted by atomic mass is 10.0. The van der Waals surface area contributed by atoms with E-state index >= 15 is 0 Å². The van der Waals surface area contributed by atoms with E-state index in [0.717, 1.165) is 21.6 Å². The number of benzene rings is 1. The lowest BCUT2D eigenvalue weighted by molar-refractivity contribution is 0.0696. The van der Waals surface area contributed by atoms with E-state index in [-0.39, 0.29) is 11.6 Å². The molecule has 0 fully saturated rings. The molecule has 0 saturated heterocycles. The predicted molar refractivity (Wildman–Crippen MR) is 171 cm³/mol. The summed E-state index contributed by atoms with van der Waals surface area (Å²) in [5.41, 5.74) is 4.18. The fourth-order valence-electron chi connectivity index (χ4n) is 4.55. The number of aromatic carboxylic acids is 1. The fraction of sp³-hybridized carbons (Fsp3) is 0.206. The number of carboxylic acids is 1. The number of carbonyl (C=O) groups is 1. The second-order valence-electron chi connectivity index (χ2n) is 10.0. The van der Waals surface area contributed by atoms with Gasteiger partial charge in [0.15, 0.2) is 0 Å². The molecule has 7 heteroatoms. The Morgan fingerprint density at radius 2 is 1.71 bits per heavy atom. The number of unbranched alkanes of at least 4 members (excludes halogenated alkanes) is 1. The number of fused-ring (bicyclic) bond motifs is 1. The highest BCUT2D eigenvalue weighted by Gasteiger charge is 2.20. The Balaban J connectivity index is 0.000000794. The number of carboxylic acid groups (broad SMARTS) is 1. The summed E-state index contributed by atoms with van der Waals surface area (Å²) >= 11 is 3.51. The van der Waals surface area contributed by atoms with Crippen molar-refractivity contribution in [3.8, 4) is 32.3 Å². The summed E-state index contributed by atoms with van der Waals surface area (Å²) in [6, 6.07) is 21.7. The van der Waals surface area contributed by atoms with Gasteiger partial charge in [-0.25, -0.2) is 9.78 Å². The molecule has 4 aromatic heterocycles. The van der Waals surface area contributed by atoms with Gasteiger partial charge in [-0.2, -0.15) is 0 Å². The van der Waals surface area contributed by atoms with Crippen LogP contribution in [-0.4, -0.2) is 33.0 Å². The molecule has 5 nitrogen and oxygen atoms in total. The van der Waals surface area contributed by atoms with Gasteiger partial charge in [-0.15, -0.1) is 22.7 Å². The molecule has 6 rings (SSSR count). The number of aromatic nitrogens is 2. The number of thiophene rings is 2. The van der Waals surface area contributed by atoms with Crippen LogP contribution in [0, 0.1) is 6.92 Å². The monoisotopic (exact) mass is 579 g/mol. The third-order valence-corrected chi connectivity index (χ3v) is 9.08. The topological polar surface area (TPSA) is 66.3 Å². The van der Waals surface area contributed by atoms with Gasteiger partial charge >= 0.3 is 5.97 Å². The number of hydrogen-bond acceptors (Lipinski definition) is 6. The molecule has 0 saturated carbocycles. The van der Waals surface area contributed by atoms with Crippen molar-refractivity contribution >= 4 is 40.9 Å². The average Bonchev–Trinajstić information content (AvgIpc) is 3.66. The number of aryl methyl sites for hydroxylation is 1. The van der Waals surface area contributed by atoms with Crippen molar-refractivity contribution in [2.45, 2.75) is 39.7 Å². The molecule has 0 bridgehead atoms. The van der Waals surface area contributed by atoms with Crippen molar-refractivity contribution in [2.24, 2.45) is 0 Å². The summed E-state index contributed by atoms with van der Waals surface area (Å²) in [4.78, 5) is 27.4. The molecule has 1 N–H and O–H groups in total. The predicted octanol–water partition coefficient (Wildman–Crippen LogP) is 7.62. The van der Waals surface area contributed by atoms with E-state index in [0.29, 0.717) is 17.1 Å². The molecule has 1 aliphatic rings. The summed E-state index contributed by atoms with van der Waals surface area (Å²) in [5, 5.41) is 14.2. The number of pyridine rings is 2. The van der Waals surface area contributed by atoms with E-state index in [4.69, 9.17) is 4.98 Å². The summed E-state index contributed by atoms with van der Waals surface area (Å²) in [6.07, 6.45) is 8.59. The maximum atomic E-state index is 12.0. The molecule has 5 aromatic rings. The van der Waals surface area contributed by atoms with E-state index in [9.17, 15) is 9.90 Å². The normalized spacial score (nSPS) is 13.9. The fourth-order valence-corrected chi connectivity index (χ4v) is 6.44. The van der Waals surface area contributed by atoms with Gasteiger partial charge in [-0.3, -0.25) is 4.98 Å². The zero-order valence-electron chi connectivity index (χ0n) is 23.7. The van der Waals surface area contributed by atoms with E-state index < -0.39 is 5.97 Å². The standard InChI is InChI=1S/C30H23N3O2S2.C4H10/c1-18-7-8-28(37-18)29-15-23(17-36-29)20-9-10-31-24(11-20)25-12-22(30(34)35)13-26(32-25)27-14-19-5-3-4-6-21(19)16-33(27)2;1-3-4-2/h3-17,27H,1-2H3,(H,34,35);3-4H2,1-2H3. The molecule has 1 aromatic carbocycles. The molecule has 208 valence electrons. The van der Waals surface area contributed by atoms with Gasteiger partial charge in [0.1, 0.15) is 0 Å². The minimum Gasteiger partial charge on any atom is -0.478 e. The lowest BCUT2D eigenvalue weighted by Crippen LogP contribution is -2.35. The highest BCUT2D eigenvalue weighted by Crippen LogP contribution is 2.37. The molecule has 5 heterocycles. The van der Waals surface area contributed by atoms with E-state index in [2.05, 4.69) is 78.6 Å². The number of hydrogen-bond donors (Lipinski definition) is 1. The lowest BCUT2D eigenvalue weighted by Gasteiger charge is -2.27. The van der Waals surface area contributed by atoms with Crippen LogP contribution in [0.25, 0.3) is 44.5 Å². The van der Waals surface area contributed by atoms with Gasteiger partial charge in [-0.1, -0.05) is 51.0 Å². The van der Waals surface area contributed by atoms with Crippen LogP contribution in [0.2, 0.25) is 0 Å². The maximum Gasteiger partial charge on any atom is 0.335 e. The second kappa shape index (κ2) is 12.6. The van der Waals surface area contributed by atoms with E-state index in [1.165, 1.54) is 27.5 Å². The summed E-state index contributed by atoms with van der Waals surface area (Å²) in [7, 11) is 1.98. The van der Waals surface area contributed by atoms with Crippen molar-refractivity contribution in [3.63, 3.8) is 0 Å². The van der Waals surface area contributed by atoms with Gasteiger partial charge in [0.25, 0.3) is 0 Å². The van der Waals surface area contributed by atoms with Gasteiger partial charge < -0.3 is 10.0 Å². The molecule has 1 aliphatic heterocycles. The van der Waals surface area contributed by atoms with Crippen molar-refractivity contribution in [1.29, 1.82) is 0 Å². The Kier molecular flexibility index (Phi) is 8.76. The smallest absolute Gasteiger partial charge is 0.335 e. The molecule has 41 heavy (non-hydrogen) atoms. The number of nitrogens with zero attached hydrogens (tertiary/aromatic N) is 3. The third-order valence-electron chi connectivity index (χ3n) is 6.95. The van der Waals surface area contributed by atoms with Crippen molar-refractivity contribution in [1.82, 2.24) is 14.9 Å². The molecule has 1 atom stereocenters. The van der Waals surface area contributed by atoms with Crippen molar-refractivity contribution in [3.05, 3.63) is 105 Å². The maximum absolute atomic E-state index is 12.0. The summed E-state index contributed by atoms with van der Waals surface area (Å²) < 4.78 is 0. The van der Waals surface area contributed by atoms with Gasteiger partial charge in [0.2, 0.25) is 0 Å². The molecular formula is C34H33N3O2S2. The Labute approximate surface area is 248 Å². The number of rotatable bonds is 6. The van der Waals surface area contributed by atoms with Crippen LogP contribution in [0.15, 0.2) is 78.3 Å². The van der Waals surface area contributed by atoms with E-state index in [1.807, 2.05) is 31.3 Å². The third kappa shape index (κ3) is 6.47. The van der Waals surface area contributed by atoms with Crippen LogP contribution in [0.1, 0.15) is 53.7 Å². The first kappa shape index (κ1) is 28.5. The van der Waals surface area contributed by atoms with Gasteiger partial charge in [0, 0.05) is 34.1 Å². The largest absolute Gasteiger partial charge is 0.478 e. The average molecular weight is 580 g/mol. The van der Waals surface area contributed by atoms with Crippen LogP contribution >= 0.6 is 22.7 Å². The Morgan fingerprint density at radius 1 is 0.927 bits per heavy atom. The van der Waals surface area contributed by atoms with Crippen LogP contribution in [0.5, 0.6) is 0 Å². The van der Waals surface area contributed by atoms with Crippen LogP contribution in [0.3, 0.4) is 0 Å². The van der Waals surface area contributed by atoms with Crippen LogP contribution in [-0.2, 0) is 0 Å². The second-order valence-corrected chi connectivity index (χ2v) is 12.2. The molecule has 0 amide bonds. The minimum atomic E-state index is -0.988. The molecule has 0 radical (unpaired) electrons. The van der Waals surface area contributed by atoms with Crippen molar-refractivity contribution < 1.29 is 9.90 Å². The highest BCUT2D eigenvalue weighted by molar-refractivity contribution is 7.21.